The molecule has 0 aromatic heterocycles. The summed E-state index contributed by atoms with van der Waals surface area (Å²) in [4.78, 5) is 23.8. The fraction of sp³-hybridized carbons (Fsp3) is 0.579. The first kappa shape index (κ1) is 18.8. The summed E-state index contributed by atoms with van der Waals surface area (Å²) in [6.45, 7) is 6.39. The maximum Gasteiger partial charge on any atom is 0.359 e. The molecule has 5 heteroatoms. The predicted molar refractivity (Wildman–Crippen MR) is 99.3 cm³/mol. The van der Waals surface area contributed by atoms with Gasteiger partial charge in [0.15, 0.2) is 0 Å². The predicted octanol–water partition coefficient (Wildman–Crippen LogP) is 2.81. The number of aryl methyl sites for hydroxylation is 3. The fourth-order valence-electron chi connectivity index (χ4n) is 3.35. The van der Waals surface area contributed by atoms with Crippen LogP contribution in [0, 0.1) is 0 Å². The minimum Gasteiger partial charge on any atom is -0.477 e. The molecule has 1 amide bonds. The number of amides is 1. The summed E-state index contributed by atoms with van der Waals surface area (Å²) < 4.78 is 3.00. The van der Waals surface area contributed by atoms with E-state index < -0.39 is 22.3 Å². The van der Waals surface area contributed by atoms with Crippen molar-refractivity contribution >= 4 is 23.0 Å². The molecule has 1 aromatic carbocycles. The summed E-state index contributed by atoms with van der Waals surface area (Å²) in [6.07, 6.45) is 4.72. The molecule has 1 fully saturated rings. The highest BCUT2D eigenvalue weighted by Gasteiger charge is 2.43. The smallest absolute Gasteiger partial charge is 0.359 e. The minimum atomic E-state index is -0.785. The van der Waals surface area contributed by atoms with Gasteiger partial charge >= 0.3 is 5.97 Å². The highest BCUT2D eigenvalue weighted by atomic mass is 32.2. The van der Waals surface area contributed by atoms with Crippen LogP contribution in [0.1, 0.15) is 55.9 Å². The number of carboxylic acids is 1. The third kappa shape index (κ3) is 4.32. The Labute approximate surface area is 147 Å². The molecule has 1 aromatic rings. The summed E-state index contributed by atoms with van der Waals surface area (Å²) >= 11 is -0.521. The average Bonchev–Trinajstić information content (AvgIpc) is 3.03. The van der Waals surface area contributed by atoms with Gasteiger partial charge in [-0.05, 0) is 47.9 Å². The molecule has 0 radical (unpaired) electrons. The lowest BCUT2D eigenvalue weighted by atomic mass is 9.92. The molecule has 2 rings (SSSR count). The van der Waals surface area contributed by atoms with E-state index in [0.29, 0.717) is 12.8 Å². The maximum absolute atomic E-state index is 12.5. The molecule has 2 N–H and O–H groups in total. The van der Waals surface area contributed by atoms with Crippen molar-refractivity contribution in [1.29, 1.82) is 0 Å². The first-order chi connectivity index (χ1) is 11.5. The van der Waals surface area contributed by atoms with Crippen LogP contribution in [0.15, 0.2) is 12.1 Å². The van der Waals surface area contributed by atoms with Gasteiger partial charge in [0.25, 0.3) is 5.91 Å². The van der Waals surface area contributed by atoms with Gasteiger partial charge in [0.05, 0.1) is 6.42 Å². The third-order valence-electron chi connectivity index (χ3n) is 4.70. The van der Waals surface area contributed by atoms with Crippen LogP contribution in [-0.4, -0.2) is 28.0 Å². The van der Waals surface area contributed by atoms with E-state index in [1.54, 1.807) is 0 Å². The van der Waals surface area contributed by atoms with Gasteiger partial charge in [0, 0.05) is 6.42 Å². The largest absolute Gasteiger partial charge is 0.477 e. The van der Waals surface area contributed by atoms with Crippen molar-refractivity contribution in [1.82, 2.24) is 4.72 Å². The summed E-state index contributed by atoms with van der Waals surface area (Å²) in [6, 6.07) is 4.42. The topological polar surface area (TPSA) is 66.4 Å². The number of nitrogens with one attached hydrogen (secondary N) is 1. The second-order valence-corrected chi connectivity index (χ2v) is 8.30. The molecule has 1 heterocycles. The Kier molecular flexibility index (Phi) is 6.72. The lowest BCUT2D eigenvalue weighted by Crippen LogP contribution is -2.41. The zero-order chi connectivity index (χ0) is 17.7. The summed E-state index contributed by atoms with van der Waals surface area (Å²) in [5, 5.41) is 8.85. The number of rotatable bonds is 7. The molecule has 0 spiro atoms. The lowest BCUT2D eigenvalue weighted by Gasteiger charge is -2.15. The monoisotopic (exact) mass is 350 g/mol. The van der Waals surface area contributed by atoms with E-state index in [0.717, 1.165) is 37.0 Å². The number of benzene rings is 1. The average molecular weight is 351 g/mol. The van der Waals surface area contributed by atoms with E-state index in [9.17, 15) is 14.7 Å². The highest BCUT2D eigenvalue weighted by Crippen LogP contribution is 2.23. The molecule has 1 aliphatic rings. The van der Waals surface area contributed by atoms with Gasteiger partial charge in [0.2, 0.25) is 5.25 Å². The van der Waals surface area contributed by atoms with Gasteiger partial charge < -0.3 is 5.11 Å². The third-order valence-corrected chi connectivity index (χ3v) is 7.04. The highest BCUT2D eigenvalue weighted by molar-refractivity contribution is 7.97. The summed E-state index contributed by atoms with van der Waals surface area (Å²) in [5.41, 5.74) is 4.93. The van der Waals surface area contributed by atoms with E-state index in [2.05, 4.69) is 37.6 Å². The normalized spacial score (nSPS) is 20.1. The zero-order valence-electron chi connectivity index (χ0n) is 14.9. The Morgan fingerprint density at radius 1 is 1.17 bits per heavy atom. The Hall–Kier alpha value is -1.49. The first-order valence-electron chi connectivity index (χ1n) is 8.85. The lowest BCUT2D eigenvalue weighted by molar-refractivity contribution is -0.136. The van der Waals surface area contributed by atoms with Crippen molar-refractivity contribution in [2.24, 2.45) is 0 Å². The number of aliphatic carboxylic acids is 1. The molecule has 2 unspecified atom stereocenters. The van der Waals surface area contributed by atoms with Crippen LogP contribution < -0.4 is 4.72 Å². The Morgan fingerprint density at radius 2 is 1.79 bits per heavy atom. The van der Waals surface area contributed by atoms with Crippen LogP contribution in [0.3, 0.4) is 0 Å². The Balaban J connectivity index is 2.15. The maximum atomic E-state index is 12.5. The number of carboxylic acid groups (broad SMARTS) is 1. The van der Waals surface area contributed by atoms with E-state index in [1.807, 2.05) is 0 Å². The minimum absolute atomic E-state index is 0.0415. The molecule has 1 aliphatic heterocycles. The standard InChI is InChI=1S/C19H27NO3S/c1-4-13-10-14(5-2)16(15(6-3)11-13)12-18(21)20-24-9-7-8-17(24)19(22)23/h10-11,17H,4-9,12H2,1-3H3,(H-,20,21,22,23)/p+1. The van der Waals surface area contributed by atoms with E-state index in [-0.39, 0.29) is 5.91 Å². The van der Waals surface area contributed by atoms with Crippen LogP contribution in [0.4, 0.5) is 0 Å². The molecule has 24 heavy (non-hydrogen) atoms. The summed E-state index contributed by atoms with van der Waals surface area (Å²) in [7, 11) is 0. The van der Waals surface area contributed by atoms with Crippen LogP contribution >= 0.6 is 0 Å². The van der Waals surface area contributed by atoms with Gasteiger partial charge in [0.1, 0.15) is 16.8 Å². The SMILES string of the molecule is CCc1cc(CC)c(CC(=O)N[S+]2CCCC2C(=O)O)c(CC)c1. The van der Waals surface area contributed by atoms with Gasteiger partial charge in [-0.2, -0.15) is 4.72 Å². The van der Waals surface area contributed by atoms with Crippen LogP contribution in [0.2, 0.25) is 0 Å². The van der Waals surface area contributed by atoms with Crippen molar-refractivity contribution in [2.75, 3.05) is 5.75 Å². The van der Waals surface area contributed by atoms with Crippen LogP contribution in [-0.2, 0) is 46.4 Å². The van der Waals surface area contributed by atoms with Crippen LogP contribution in [0.5, 0.6) is 0 Å². The number of hydrogen-bond donors (Lipinski definition) is 2. The van der Waals surface area contributed by atoms with E-state index in [4.69, 9.17) is 0 Å². The number of carbonyl (C=O) groups excluding carboxylic acids is 1. The van der Waals surface area contributed by atoms with Gasteiger partial charge in [-0.3, -0.25) is 4.79 Å². The van der Waals surface area contributed by atoms with Gasteiger partial charge in [-0.15, -0.1) is 0 Å². The van der Waals surface area contributed by atoms with Gasteiger partial charge in [-0.1, -0.05) is 32.9 Å². The molecule has 1 saturated heterocycles. The molecular formula is C19H28NO3S+. The molecule has 0 bridgehead atoms. The second-order valence-electron chi connectivity index (χ2n) is 6.26. The number of hydrogen-bond acceptors (Lipinski definition) is 2. The first-order valence-corrected chi connectivity index (χ1v) is 10.3. The quantitative estimate of drug-likeness (QED) is 0.743. The summed E-state index contributed by atoms with van der Waals surface area (Å²) in [5.74, 6) is -0.0364. The molecule has 132 valence electrons. The number of carbonyl (C=O) groups is 2. The van der Waals surface area contributed by atoms with E-state index in [1.165, 1.54) is 16.7 Å². The molecule has 4 nitrogen and oxygen atoms in total. The van der Waals surface area contributed by atoms with E-state index >= 15 is 0 Å². The van der Waals surface area contributed by atoms with Crippen molar-refractivity contribution in [3.8, 4) is 0 Å². The molecule has 2 atom stereocenters. The molecular weight excluding hydrogens is 322 g/mol. The second kappa shape index (κ2) is 8.56. The van der Waals surface area contributed by atoms with Crippen molar-refractivity contribution in [3.63, 3.8) is 0 Å². The Bertz CT molecular complexity index is 590. The van der Waals surface area contributed by atoms with Crippen molar-refractivity contribution < 1.29 is 14.7 Å². The van der Waals surface area contributed by atoms with Crippen molar-refractivity contribution in [2.45, 2.75) is 64.5 Å². The molecule has 0 aliphatic carbocycles. The Morgan fingerprint density at radius 3 is 2.29 bits per heavy atom. The van der Waals surface area contributed by atoms with Crippen LogP contribution in [0.25, 0.3) is 0 Å². The van der Waals surface area contributed by atoms with Crippen molar-refractivity contribution in [3.05, 3.63) is 34.4 Å². The molecule has 0 saturated carbocycles. The zero-order valence-corrected chi connectivity index (χ0v) is 15.7. The fourth-order valence-corrected chi connectivity index (χ4v) is 5.42. The van der Waals surface area contributed by atoms with Gasteiger partial charge in [-0.25, -0.2) is 4.79 Å².